The van der Waals surface area contributed by atoms with Crippen LogP contribution in [-0.2, 0) is 4.79 Å². The van der Waals surface area contributed by atoms with Gasteiger partial charge in [0, 0.05) is 0 Å². The van der Waals surface area contributed by atoms with Crippen molar-refractivity contribution in [3.63, 3.8) is 0 Å². The second-order valence-electron chi connectivity index (χ2n) is 8.56. The number of Topliss-reactive ketones (excluding diaryl/α,β-unsaturated/α-hetero) is 1. The monoisotopic (exact) mass is 518 g/mol. The van der Waals surface area contributed by atoms with Crippen molar-refractivity contribution < 1.29 is 28.6 Å². The number of rotatable bonds is 9. The minimum atomic E-state index is -0.905. The fraction of sp³-hybridized carbons (Fsp3) is 0.250. The number of ether oxygens (including phenoxy) is 2. The average molecular weight is 519 g/mol. The van der Waals surface area contributed by atoms with Crippen LogP contribution in [0.3, 0.4) is 0 Å². The van der Waals surface area contributed by atoms with Gasteiger partial charge in [-0.2, -0.15) is 0 Å². The van der Waals surface area contributed by atoms with E-state index in [-0.39, 0.29) is 11.3 Å². The Bertz CT molecular complexity index is 1500. The molecule has 0 bridgehead atoms. The largest absolute Gasteiger partial charge is 0.503 e. The number of aryl methyl sites for hydroxylation is 1. The topological polar surface area (TPSA) is 102 Å². The van der Waals surface area contributed by atoms with Crippen LogP contribution in [0.2, 0.25) is 0 Å². The van der Waals surface area contributed by atoms with E-state index in [1.807, 2.05) is 32.0 Å². The zero-order valence-corrected chi connectivity index (χ0v) is 21.5. The number of hydrogen-bond donors (Lipinski definition) is 1. The van der Waals surface area contributed by atoms with E-state index in [9.17, 15) is 14.7 Å². The molecule has 0 aliphatic carbocycles. The van der Waals surface area contributed by atoms with Crippen LogP contribution in [-0.4, -0.2) is 35.0 Å². The fourth-order valence-electron chi connectivity index (χ4n) is 4.26. The van der Waals surface area contributed by atoms with Crippen LogP contribution < -0.4 is 14.4 Å². The lowest BCUT2D eigenvalue weighted by Crippen LogP contribution is -2.30. The Balaban J connectivity index is 1.60. The number of thiazole rings is 1. The quantitative estimate of drug-likeness (QED) is 0.264. The molecule has 1 aliphatic heterocycles. The summed E-state index contributed by atoms with van der Waals surface area (Å²) < 4.78 is 17.7. The van der Waals surface area contributed by atoms with Crippen LogP contribution in [0.4, 0.5) is 5.13 Å². The van der Waals surface area contributed by atoms with E-state index < -0.39 is 23.5 Å². The molecule has 9 heteroatoms. The maximum Gasteiger partial charge on any atom is 0.296 e. The molecule has 3 heterocycles. The van der Waals surface area contributed by atoms with Crippen LogP contribution in [0.1, 0.15) is 48.2 Å². The summed E-state index contributed by atoms with van der Waals surface area (Å²) in [6.45, 7) is 6.75. The maximum absolute atomic E-state index is 13.5. The molecule has 5 rings (SSSR count). The summed E-state index contributed by atoms with van der Waals surface area (Å²) in [5.41, 5.74) is 1.25. The van der Waals surface area contributed by atoms with Gasteiger partial charge in [0.1, 0.15) is 17.3 Å². The van der Waals surface area contributed by atoms with Crippen molar-refractivity contribution in [2.45, 2.75) is 33.2 Å². The van der Waals surface area contributed by atoms with Gasteiger partial charge < -0.3 is 19.0 Å². The van der Waals surface area contributed by atoms with Gasteiger partial charge in [-0.25, -0.2) is 4.98 Å². The van der Waals surface area contributed by atoms with Gasteiger partial charge in [-0.05, 0) is 68.3 Å². The molecular formula is C28H26N2O6S. The summed E-state index contributed by atoms with van der Waals surface area (Å²) in [7, 11) is 0. The molecule has 37 heavy (non-hydrogen) atoms. The molecule has 0 spiro atoms. The molecule has 2 aromatic heterocycles. The second-order valence-corrected chi connectivity index (χ2v) is 9.56. The smallest absolute Gasteiger partial charge is 0.296 e. The number of hydrogen-bond acceptors (Lipinski definition) is 8. The van der Waals surface area contributed by atoms with Gasteiger partial charge in [-0.1, -0.05) is 30.4 Å². The van der Waals surface area contributed by atoms with Crippen LogP contribution in [0.15, 0.2) is 70.3 Å². The minimum Gasteiger partial charge on any atom is -0.503 e. The highest BCUT2D eigenvalue weighted by atomic mass is 32.1. The van der Waals surface area contributed by atoms with E-state index in [2.05, 4.69) is 4.98 Å². The molecular weight excluding hydrogens is 492 g/mol. The van der Waals surface area contributed by atoms with Gasteiger partial charge in [0.15, 0.2) is 16.7 Å². The Labute approximate surface area is 217 Å². The first kappa shape index (κ1) is 24.6. The van der Waals surface area contributed by atoms with E-state index in [1.54, 1.807) is 37.3 Å². The van der Waals surface area contributed by atoms with Gasteiger partial charge in [-0.3, -0.25) is 14.5 Å². The number of nitrogens with zero attached hydrogens (tertiary/aromatic N) is 2. The highest BCUT2D eigenvalue weighted by molar-refractivity contribution is 7.22. The molecule has 190 valence electrons. The summed E-state index contributed by atoms with van der Waals surface area (Å²) in [5, 5.41) is 11.3. The van der Waals surface area contributed by atoms with Crippen molar-refractivity contribution in [2.75, 3.05) is 18.1 Å². The first-order valence-corrected chi connectivity index (χ1v) is 12.9. The third-order valence-electron chi connectivity index (χ3n) is 5.95. The highest BCUT2D eigenvalue weighted by Crippen LogP contribution is 2.44. The van der Waals surface area contributed by atoms with E-state index in [1.165, 1.54) is 22.3 Å². The number of aliphatic hydroxyl groups is 1. The van der Waals surface area contributed by atoms with Gasteiger partial charge >= 0.3 is 0 Å². The molecule has 1 atom stereocenters. The Kier molecular flexibility index (Phi) is 6.71. The average Bonchev–Trinajstić information content (AvgIpc) is 3.59. The summed E-state index contributed by atoms with van der Waals surface area (Å²) in [6, 6.07) is 14.9. The van der Waals surface area contributed by atoms with E-state index in [4.69, 9.17) is 13.9 Å². The molecule has 8 nitrogen and oxygen atoms in total. The van der Waals surface area contributed by atoms with Crippen LogP contribution in [0.5, 0.6) is 11.5 Å². The lowest BCUT2D eigenvalue weighted by Gasteiger charge is -2.24. The molecule has 1 N–H and O–H groups in total. The van der Waals surface area contributed by atoms with E-state index in [0.29, 0.717) is 46.7 Å². The summed E-state index contributed by atoms with van der Waals surface area (Å²) in [5.74, 6) is 0.0890. The molecule has 2 aromatic carbocycles. The van der Waals surface area contributed by atoms with Crippen molar-refractivity contribution >= 4 is 38.4 Å². The number of amides is 1. The van der Waals surface area contributed by atoms with Gasteiger partial charge in [0.25, 0.3) is 5.91 Å². The molecule has 1 amide bonds. The first-order valence-electron chi connectivity index (χ1n) is 12.0. The number of furan rings is 1. The fourth-order valence-corrected chi connectivity index (χ4v) is 5.28. The van der Waals surface area contributed by atoms with Crippen LogP contribution in [0, 0.1) is 6.92 Å². The standard InChI is InChI=1S/C28H26N2O6S/c1-4-14-35-18-9-7-17(8-10-18)24-23(25(31)21-13-6-16(3)36-21)26(32)27(33)30(24)28-29-20-12-11-19(34-5-2)15-22(20)37-28/h6-13,15,24,32H,4-5,14H2,1-3H3/t24-/m0/s1. The zero-order chi connectivity index (χ0) is 26.1. The number of ketones is 1. The zero-order valence-electron chi connectivity index (χ0n) is 20.7. The number of fused-ring (bicyclic) bond motifs is 1. The third kappa shape index (κ3) is 4.58. The highest BCUT2D eigenvalue weighted by Gasteiger charge is 2.46. The Morgan fingerprint density at radius 3 is 2.51 bits per heavy atom. The molecule has 0 saturated carbocycles. The Hall–Kier alpha value is -4.11. The second kappa shape index (κ2) is 10.1. The van der Waals surface area contributed by atoms with Crippen molar-refractivity contribution in [3.8, 4) is 11.5 Å². The van der Waals surface area contributed by atoms with Crippen molar-refractivity contribution in [1.29, 1.82) is 0 Å². The summed E-state index contributed by atoms with van der Waals surface area (Å²) in [4.78, 5) is 33.0. The van der Waals surface area contributed by atoms with E-state index in [0.717, 1.165) is 11.1 Å². The molecule has 1 aliphatic rings. The molecule has 0 unspecified atom stereocenters. The number of carbonyl (C=O) groups is 2. The summed E-state index contributed by atoms with van der Waals surface area (Å²) >= 11 is 1.28. The van der Waals surface area contributed by atoms with Crippen LogP contribution in [0.25, 0.3) is 10.2 Å². The van der Waals surface area contributed by atoms with Gasteiger partial charge in [0.05, 0.1) is 35.0 Å². The van der Waals surface area contributed by atoms with Gasteiger partial charge in [-0.15, -0.1) is 0 Å². The Morgan fingerprint density at radius 2 is 1.84 bits per heavy atom. The Morgan fingerprint density at radius 1 is 1.08 bits per heavy atom. The number of carbonyl (C=O) groups excluding carboxylic acids is 2. The van der Waals surface area contributed by atoms with Crippen LogP contribution >= 0.6 is 11.3 Å². The van der Waals surface area contributed by atoms with Crippen molar-refractivity contribution in [3.05, 3.63) is 83.0 Å². The number of benzene rings is 2. The summed E-state index contributed by atoms with van der Waals surface area (Å²) in [6.07, 6.45) is 0.868. The molecule has 0 radical (unpaired) electrons. The molecule has 0 saturated heterocycles. The van der Waals surface area contributed by atoms with E-state index >= 15 is 0 Å². The van der Waals surface area contributed by atoms with Crippen molar-refractivity contribution in [1.82, 2.24) is 4.98 Å². The lowest BCUT2D eigenvalue weighted by atomic mass is 9.95. The minimum absolute atomic E-state index is 0.0484. The number of aromatic nitrogens is 1. The third-order valence-corrected chi connectivity index (χ3v) is 6.97. The number of aliphatic hydroxyl groups excluding tert-OH is 1. The SMILES string of the molecule is CCCOc1ccc([C@H]2C(C(=O)c3ccc(C)o3)=C(O)C(=O)N2c2nc3ccc(OCC)cc3s2)cc1. The predicted octanol–water partition coefficient (Wildman–Crippen LogP) is 6.17. The van der Waals surface area contributed by atoms with Gasteiger partial charge in [0.2, 0.25) is 5.78 Å². The number of anilines is 1. The normalized spacial score (nSPS) is 15.6. The molecule has 0 fully saturated rings. The predicted molar refractivity (Wildman–Crippen MR) is 141 cm³/mol. The first-order chi connectivity index (χ1) is 17.9. The maximum atomic E-state index is 13.5. The van der Waals surface area contributed by atoms with Crippen molar-refractivity contribution in [2.24, 2.45) is 0 Å². The molecule has 4 aromatic rings. The lowest BCUT2D eigenvalue weighted by molar-refractivity contribution is -0.117.